The van der Waals surface area contributed by atoms with Gasteiger partial charge in [-0.3, -0.25) is 4.79 Å². The highest BCUT2D eigenvalue weighted by Gasteiger charge is 2.45. The van der Waals surface area contributed by atoms with Crippen LogP contribution in [-0.2, 0) is 4.79 Å². The number of carboxylic acid groups (broad SMARTS) is 1. The van der Waals surface area contributed by atoms with Crippen LogP contribution in [0.4, 0.5) is 0 Å². The smallest absolute Gasteiger partial charge is 0.315 e. The summed E-state index contributed by atoms with van der Waals surface area (Å²) < 4.78 is 0. The molecule has 4 heteroatoms. The van der Waals surface area contributed by atoms with Crippen molar-refractivity contribution in [1.29, 1.82) is 0 Å². The van der Waals surface area contributed by atoms with Crippen LogP contribution in [0.5, 0.6) is 0 Å². The Hall–Kier alpha value is -1.40. The molecule has 80 valence electrons. The maximum absolute atomic E-state index is 11.3. The van der Waals surface area contributed by atoms with Crippen molar-refractivity contribution in [1.82, 2.24) is 0 Å². The third-order valence-electron chi connectivity index (χ3n) is 2.94. The van der Waals surface area contributed by atoms with Crippen LogP contribution in [0.15, 0.2) is 22.4 Å². The third-order valence-corrected chi connectivity index (χ3v) is 3.27. The van der Waals surface area contributed by atoms with Crippen molar-refractivity contribution in [2.45, 2.75) is 13.8 Å². The molecule has 3 N–H and O–H groups in total. The molecule has 0 saturated carbocycles. The molecular formula is C11H12ClNO2. The highest BCUT2D eigenvalue weighted by atomic mass is 35.5. The Morgan fingerprint density at radius 3 is 2.73 bits per heavy atom. The van der Waals surface area contributed by atoms with Gasteiger partial charge in [0.25, 0.3) is 0 Å². The van der Waals surface area contributed by atoms with Gasteiger partial charge in [-0.15, -0.1) is 6.42 Å². The van der Waals surface area contributed by atoms with Crippen molar-refractivity contribution in [2.75, 3.05) is 0 Å². The standard InChI is InChI=1S/C11H12ClNO2/c1-4-7-9(13)8(12)5-6(2)11(7,3)10(14)15/h1,5-6H,13H2,2-3H3,(H,14,15). The van der Waals surface area contributed by atoms with Gasteiger partial charge in [-0.1, -0.05) is 30.5 Å². The van der Waals surface area contributed by atoms with E-state index >= 15 is 0 Å². The zero-order chi connectivity index (χ0) is 11.8. The molecule has 2 unspecified atom stereocenters. The van der Waals surface area contributed by atoms with Crippen molar-refractivity contribution in [3.63, 3.8) is 0 Å². The monoisotopic (exact) mass is 225 g/mol. The maximum Gasteiger partial charge on any atom is 0.315 e. The van der Waals surface area contributed by atoms with E-state index in [1.807, 2.05) is 0 Å². The van der Waals surface area contributed by atoms with E-state index in [-0.39, 0.29) is 17.2 Å². The molecule has 0 aromatic heterocycles. The number of aliphatic carboxylic acids is 1. The average molecular weight is 226 g/mol. The van der Waals surface area contributed by atoms with Crippen LogP contribution in [-0.4, -0.2) is 11.1 Å². The van der Waals surface area contributed by atoms with Crippen molar-refractivity contribution < 1.29 is 9.90 Å². The van der Waals surface area contributed by atoms with Gasteiger partial charge >= 0.3 is 5.97 Å². The Labute approximate surface area is 93.6 Å². The molecule has 0 spiro atoms. The number of hydrogen-bond acceptors (Lipinski definition) is 2. The van der Waals surface area contributed by atoms with Gasteiger partial charge in [0.05, 0.1) is 10.7 Å². The molecule has 0 saturated heterocycles. The minimum absolute atomic E-state index is 0.183. The summed E-state index contributed by atoms with van der Waals surface area (Å²) in [6.07, 6.45) is 6.91. The lowest BCUT2D eigenvalue weighted by Crippen LogP contribution is -2.39. The Morgan fingerprint density at radius 1 is 1.80 bits per heavy atom. The number of rotatable bonds is 1. The molecule has 0 bridgehead atoms. The summed E-state index contributed by atoms with van der Waals surface area (Å²) in [7, 11) is 0. The van der Waals surface area contributed by atoms with Gasteiger partial charge in [-0.05, 0) is 12.8 Å². The molecule has 0 amide bonds. The summed E-state index contributed by atoms with van der Waals surface area (Å²) in [4.78, 5) is 11.3. The van der Waals surface area contributed by atoms with Crippen LogP contribution in [0.1, 0.15) is 13.8 Å². The lowest BCUT2D eigenvalue weighted by Gasteiger charge is -2.34. The summed E-state index contributed by atoms with van der Waals surface area (Å²) in [6, 6.07) is 0. The summed E-state index contributed by atoms with van der Waals surface area (Å²) in [5.41, 5.74) is 4.94. The molecule has 0 aromatic carbocycles. The van der Waals surface area contributed by atoms with Gasteiger partial charge < -0.3 is 10.8 Å². The summed E-state index contributed by atoms with van der Waals surface area (Å²) in [6.45, 7) is 3.31. The molecule has 0 fully saturated rings. The summed E-state index contributed by atoms with van der Waals surface area (Å²) in [5.74, 6) is 1.05. The van der Waals surface area contributed by atoms with E-state index in [2.05, 4.69) is 5.92 Å². The normalized spacial score (nSPS) is 30.8. The van der Waals surface area contributed by atoms with Crippen molar-refractivity contribution in [3.05, 3.63) is 22.4 Å². The fraction of sp³-hybridized carbons (Fsp3) is 0.364. The lowest BCUT2D eigenvalue weighted by molar-refractivity contribution is -0.147. The second kappa shape index (κ2) is 3.63. The lowest BCUT2D eigenvalue weighted by atomic mass is 9.69. The van der Waals surface area contributed by atoms with E-state index in [1.165, 1.54) is 0 Å². The van der Waals surface area contributed by atoms with Crippen LogP contribution in [0.3, 0.4) is 0 Å². The minimum Gasteiger partial charge on any atom is -0.481 e. The first-order valence-electron chi connectivity index (χ1n) is 4.43. The molecule has 2 atom stereocenters. The van der Waals surface area contributed by atoms with Crippen LogP contribution in [0.2, 0.25) is 0 Å². The highest BCUT2D eigenvalue weighted by molar-refractivity contribution is 6.32. The summed E-state index contributed by atoms with van der Waals surface area (Å²) in [5, 5.41) is 9.54. The molecule has 1 rings (SSSR count). The number of carboxylic acids is 1. The van der Waals surface area contributed by atoms with Crippen molar-refractivity contribution in [2.24, 2.45) is 17.1 Å². The molecule has 1 aliphatic rings. The van der Waals surface area contributed by atoms with Crippen LogP contribution >= 0.6 is 11.6 Å². The van der Waals surface area contributed by atoms with E-state index in [4.69, 9.17) is 23.8 Å². The average Bonchev–Trinajstić information content (AvgIpc) is 2.15. The topological polar surface area (TPSA) is 63.3 Å². The first kappa shape index (κ1) is 11.7. The molecule has 0 aliphatic heterocycles. The second-order valence-electron chi connectivity index (χ2n) is 3.74. The molecule has 1 aliphatic carbocycles. The van der Waals surface area contributed by atoms with Gasteiger partial charge in [-0.2, -0.15) is 0 Å². The first-order chi connectivity index (χ1) is 6.85. The molecule has 0 heterocycles. The maximum atomic E-state index is 11.3. The number of halogens is 1. The highest BCUT2D eigenvalue weighted by Crippen LogP contribution is 2.43. The molecule has 3 nitrogen and oxygen atoms in total. The largest absolute Gasteiger partial charge is 0.481 e. The Morgan fingerprint density at radius 2 is 2.33 bits per heavy atom. The molecule has 0 radical (unpaired) electrons. The fourth-order valence-electron chi connectivity index (χ4n) is 1.63. The number of nitrogens with two attached hydrogens (primary N) is 1. The van der Waals surface area contributed by atoms with E-state index < -0.39 is 11.4 Å². The van der Waals surface area contributed by atoms with Crippen molar-refractivity contribution in [3.8, 4) is 12.3 Å². The quantitative estimate of drug-likeness (QED) is 0.668. The van der Waals surface area contributed by atoms with Gasteiger partial charge in [0.15, 0.2) is 0 Å². The van der Waals surface area contributed by atoms with Crippen molar-refractivity contribution >= 4 is 17.6 Å². The predicted octanol–water partition coefficient (Wildman–Crippen LogP) is 1.70. The fourth-order valence-corrected chi connectivity index (χ4v) is 1.92. The molecule has 0 aromatic rings. The van der Waals surface area contributed by atoms with Crippen LogP contribution in [0.25, 0.3) is 0 Å². The van der Waals surface area contributed by atoms with E-state index in [9.17, 15) is 9.90 Å². The first-order valence-corrected chi connectivity index (χ1v) is 4.81. The van der Waals surface area contributed by atoms with E-state index in [0.717, 1.165) is 0 Å². The number of hydrogen-bond donors (Lipinski definition) is 2. The van der Waals surface area contributed by atoms with Gasteiger partial charge in [0, 0.05) is 5.57 Å². The third kappa shape index (κ3) is 1.51. The number of allylic oxidation sites excluding steroid dienone is 2. The second-order valence-corrected chi connectivity index (χ2v) is 4.15. The minimum atomic E-state index is -1.17. The van der Waals surface area contributed by atoms with E-state index in [0.29, 0.717) is 5.03 Å². The van der Waals surface area contributed by atoms with Crippen LogP contribution in [0, 0.1) is 23.7 Å². The Balaban J connectivity index is 3.46. The van der Waals surface area contributed by atoms with E-state index in [1.54, 1.807) is 19.9 Å². The Bertz CT molecular complexity index is 417. The molecule has 15 heavy (non-hydrogen) atoms. The zero-order valence-electron chi connectivity index (χ0n) is 8.54. The van der Waals surface area contributed by atoms with Gasteiger partial charge in [-0.25, -0.2) is 0 Å². The van der Waals surface area contributed by atoms with Crippen LogP contribution < -0.4 is 5.73 Å². The Kier molecular flexibility index (Phi) is 2.83. The zero-order valence-corrected chi connectivity index (χ0v) is 9.30. The predicted molar refractivity (Wildman–Crippen MR) is 58.9 cm³/mol. The van der Waals surface area contributed by atoms with Gasteiger partial charge in [0.2, 0.25) is 0 Å². The number of terminal acetylenes is 1. The van der Waals surface area contributed by atoms with Gasteiger partial charge in [0.1, 0.15) is 5.41 Å². The summed E-state index contributed by atoms with van der Waals surface area (Å²) >= 11 is 5.86. The SMILES string of the molecule is C#CC1=C(N)C(Cl)=CC(C)C1(C)C(=O)O. The molecular weight excluding hydrogens is 214 g/mol. The number of carbonyl (C=O) groups is 1.